The molecule has 1 aromatic carbocycles. The predicted octanol–water partition coefficient (Wildman–Crippen LogP) is 4.11. The van der Waals surface area contributed by atoms with Gasteiger partial charge in [-0.15, -0.1) is 0 Å². The number of rotatable bonds is 4. The normalized spacial score (nSPS) is 24.1. The summed E-state index contributed by atoms with van der Waals surface area (Å²) in [5.74, 6) is 1.57. The van der Waals surface area contributed by atoms with Crippen molar-refractivity contribution in [3.8, 4) is 0 Å². The van der Waals surface area contributed by atoms with Gasteiger partial charge in [-0.05, 0) is 43.4 Å². The van der Waals surface area contributed by atoms with Crippen LogP contribution >= 0.6 is 0 Å². The van der Waals surface area contributed by atoms with E-state index in [4.69, 9.17) is 4.98 Å². The fraction of sp³-hybridized carbons (Fsp3) is 0.556. The Morgan fingerprint density at radius 3 is 2.57 bits per heavy atom. The summed E-state index contributed by atoms with van der Waals surface area (Å²) in [4.78, 5) is 9.45. The first-order valence-corrected chi connectivity index (χ1v) is 8.23. The Morgan fingerprint density at radius 2 is 1.86 bits per heavy atom. The van der Waals surface area contributed by atoms with Gasteiger partial charge in [-0.1, -0.05) is 38.8 Å². The fourth-order valence-electron chi connectivity index (χ4n) is 3.47. The van der Waals surface area contributed by atoms with E-state index in [1.807, 2.05) is 24.4 Å². The third kappa shape index (κ3) is 3.24. The van der Waals surface area contributed by atoms with Gasteiger partial charge in [0.25, 0.3) is 0 Å². The Kier molecular flexibility index (Phi) is 4.49. The maximum atomic E-state index is 4.86. The molecule has 1 saturated carbocycles. The van der Waals surface area contributed by atoms with Crippen LogP contribution in [-0.2, 0) is 0 Å². The van der Waals surface area contributed by atoms with E-state index in [-0.39, 0.29) is 0 Å². The second-order valence-electron chi connectivity index (χ2n) is 6.34. The first kappa shape index (κ1) is 14.5. The molecule has 3 heteroatoms. The molecule has 1 N–H and O–H groups in total. The molecule has 1 heterocycles. The van der Waals surface area contributed by atoms with Crippen molar-refractivity contribution < 1.29 is 0 Å². The molecule has 3 rings (SSSR count). The van der Waals surface area contributed by atoms with Crippen LogP contribution < -0.4 is 5.32 Å². The van der Waals surface area contributed by atoms with Gasteiger partial charge in [0, 0.05) is 0 Å². The van der Waals surface area contributed by atoms with E-state index >= 15 is 0 Å². The summed E-state index contributed by atoms with van der Waals surface area (Å²) in [5, 5.41) is 3.65. The molecule has 1 atom stereocenters. The number of benzene rings is 1. The van der Waals surface area contributed by atoms with Crippen LogP contribution in [0.4, 0.5) is 0 Å². The van der Waals surface area contributed by atoms with E-state index in [0.717, 1.165) is 29.2 Å². The number of hydrogen-bond acceptors (Lipinski definition) is 3. The highest BCUT2D eigenvalue weighted by molar-refractivity contribution is 5.73. The molecule has 1 fully saturated rings. The fourth-order valence-corrected chi connectivity index (χ4v) is 3.47. The Balaban J connectivity index is 1.87. The third-order valence-corrected chi connectivity index (χ3v) is 4.74. The van der Waals surface area contributed by atoms with Crippen molar-refractivity contribution >= 4 is 11.0 Å². The second kappa shape index (κ2) is 6.52. The van der Waals surface area contributed by atoms with E-state index < -0.39 is 0 Å². The van der Waals surface area contributed by atoms with E-state index in [9.17, 15) is 0 Å². The van der Waals surface area contributed by atoms with E-state index in [0.29, 0.717) is 12.0 Å². The molecular formula is C18H25N3. The Hall–Kier alpha value is -1.48. The Morgan fingerprint density at radius 1 is 1.14 bits per heavy atom. The summed E-state index contributed by atoms with van der Waals surface area (Å²) in [5.41, 5.74) is 3.09. The molecule has 1 aliphatic rings. The smallest absolute Gasteiger partial charge is 0.0890 e. The van der Waals surface area contributed by atoms with Crippen LogP contribution in [0.1, 0.15) is 51.3 Å². The number of nitrogens with zero attached hydrogens (tertiary/aromatic N) is 2. The molecule has 0 spiro atoms. The van der Waals surface area contributed by atoms with Gasteiger partial charge in [0.1, 0.15) is 0 Å². The zero-order chi connectivity index (χ0) is 14.7. The number of hydrogen-bond donors (Lipinski definition) is 1. The molecule has 0 amide bonds. The van der Waals surface area contributed by atoms with Crippen LogP contribution in [0.5, 0.6) is 0 Å². The highest BCUT2D eigenvalue weighted by atomic mass is 15.0. The topological polar surface area (TPSA) is 37.8 Å². The first-order valence-electron chi connectivity index (χ1n) is 8.23. The Labute approximate surface area is 127 Å². The van der Waals surface area contributed by atoms with Crippen LogP contribution in [0.25, 0.3) is 11.0 Å². The van der Waals surface area contributed by atoms with Gasteiger partial charge < -0.3 is 5.32 Å². The largest absolute Gasteiger partial charge is 0.309 e. The lowest BCUT2D eigenvalue weighted by Gasteiger charge is -2.32. The number of fused-ring (bicyclic) bond motifs is 1. The molecule has 1 aromatic heterocycles. The lowest BCUT2D eigenvalue weighted by Crippen LogP contribution is -2.31. The van der Waals surface area contributed by atoms with E-state index in [1.165, 1.54) is 25.7 Å². The second-order valence-corrected chi connectivity index (χ2v) is 6.34. The standard InChI is InChI=1S/C18H25N3/c1-3-19-18(14-10-8-13(2)9-11-14)17-12-20-15-6-4-5-7-16(15)21-17/h4-7,12-14,18-19H,3,8-11H2,1-2H3. The highest BCUT2D eigenvalue weighted by Crippen LogP contribution is 2.36. The summed E-state index contributed by atoms with van der Waals surface area (Å²) >= 11 is 0. The molecular weight excluding hydrogens is 258 g/mol. The molecule has 3 nitrogen and oxygen atoms in total. The summed E-state index contributed by atoms with van der Waals surface area (Å²) in [7, 11) is 0. The van der Waals surface area contributed by atoms with Gasteiger partial charge in [0.15, 0.2) is 0 Å². The third-order valence-electron chi connectivity index (χ3n) is 4.74. The molecule has 1 unspecified atom stereocenters. The van der Waals surface area contributed by atoms with Gasteiger partial charge >= 0.3 is 0 Å². The molecule has 0 aliphatic heterocycles. The molecule has 0 saturated heterocycles. The monoisotopic (exact) mass is 283 g/mol. The van der Waals surface area contributed by atoms with E-state index in [1.54, 1.807) is 0 Å². The predicted molar refractivity (Wildman–Crippen MR) is 87.1 cm³/mol. The maximum Gasteiger partial charge on any atom is 0.0890 e. The molecule has 0 radical (unpaired) electrons. The lowest BCUT2D eigenvalue weighted by atomic mass is 9.78. The van der Waals surface area contributed by atoms with Crippen LogP contribution in [0.15, 0.2) is 30.5 Å². The van der Waals surface area contributed by atoms with Crippen LogP contribution in [0.3, 0.4) is 0 Å². The van der Waals surface area contributed by atoms with Gasteiger partial charge in [0.2, 0.25) is 0 Å². The molecule has 0 bridgehead atoms. The van der Waals surface area contributed by atoms with Crippen molar-refractivity contribution in [2.75, 3.05) is 6.54 Å². The van der Waals surface area contributed by atoms with Crippen molar-refractivity contribution in [2.24, 2.45) is 11.8 Å². The van der Waals surface area contributed by atoms with Crippen LogP contribution in [-0.4, -0.2) is 16.5 Å². The SMILES string of the molecule is CCNC(c1cnc2ccccc2n1)C1CCC(C)CC1. The number of aromatic nitrogens is 2. The minimum absolute atomic E-state index is 0.347. The molecule has 21 heavy (non-hydrogen) atoms. The lowest BCUT2D eigenvalue weighted by molar-refractivity contribution is 0.230. The summed E-state index contributed by atoms with van der Waals surface area (Å²) in [6.45, 7) is 5.52. The quantitative estimate of drug-likeness (QED) is 0.917. The van der Waals surface area contributed by atoms with Crippen LogP contribution in [0, 0.1) is 11.8 Å². The van der Waals surface area contributed by atoms with Crippen molar-refractivity contribution in [3.63, 3.8) is 0 Å². The van der Waals surface area contributed by atoms with Crippen molar-refractivity contribution in [1.29, 1.82) is 0 Å². The number of para-hydroxylation sites is 2. The van der Waals surface area contributed by atoms with Crippen LogP contribution in [0.2, 0.25) is 0 Å². The number of nitrogens with one attached hydrogen (secondary N) is 1. The van der Waals surface area contributed by atoms with Crippen molar-refractivity contribution in [3.05, 3.63) is 36.2 Å². The van der Waals surface area contributed by atoms with Gasteiger partial charge in [-0.3, -0.25) is 4.98 Å². The summed E-state index contributed by atoms with van der Waals surface area (Å²) in [6, 6.07) is 8.47. The molecule has 112 valence electrons. The maximum absolute atomic E-state index is 4.86. The zero-order valence-corrected chi connectivity index (χ0v) is 13.0. The van der Waals surface area contributed by atoms with Gasteiger partial charge in [0.05, 0.1) is 29.0 Å². The van der Waals surface area contributed by atoms with Crippen molar-refractivity contribution in [1.82, 2.24) is 15.3 Å². The summed E-state index contributed by atoms with van der Waals surface area (Å²) < 4.78 is 0. The Bertz CT molecular complexity index is 588. The minimum atomic E-state index is 0.347. The highest BCUT2D eigenvalue weighted by Gasteiger charge is 2.27. The summed E-state index contributed by atoms with van der Waals surface area (Å²) in [6.07, 6.45) is 7.25. The molecule has 2 aromatic rings. The van der Waals surface area contributed by atoms with Gasteiger partial charge in [-0.25, -0.2) is 4.98 Å². The zero-order valence-electron chi connectivity index (χ0n) is 13.0. The minimum Gasteiger partial charge on any atom is -0.309 e. The first-order chi connectivity index (χ1) is 10.3. The molecule has 1 aliphatic carbocycles. The average molecular weight is 283 g/mol. The van der Waals surface area contributed by atoms with E-state index in [2.05, 4.69) is 30.2 Å². The van der Waals surface area contributed by atoms with Gasteiger partial charge in [-0.2, -0.15) is 0 Å². The van der Waals surface area contributed by atoms with Crippen molar-refractivity contribution in [2.45, 2.75) is 45.6 Å². The average Bonchev–Trinajstić information content (AvgIpc) is 2.53.